The number of carbonyl (C=O) groups excluding carboxylic acids is 2. The van der Waals surface area contributed by atoms with Crippen molar-refractivity contribution >= 4 is 57.8 Å². The largest absolute Gasteiger partial charge is 0.508 e. The number of phenols is 1. The molecular weight excluding hydrogens is 452 g/mol. The Morgan fingerprint density at radius 2 is 2.03 bits per heavy atom. The van der Waals surface area contributed by atoms with Crippen LogP contribution in [-0.4, -0.2) is 50.4 Å². The molecule has 0 spiro atoms. The number of carboxylic acid groups (broad SMARTS) is 1. The number of nitrogens with zero attached hydrogens (tertiary/aromatic N) is 1. The van der Waals surface area contributed by atoms with Crippen molar-refractivity contribution in [2.24, 2.45) is 0 Å². The van der Waals surface area contributed by atoms with Crippen molar-refractivity contribution in [3.63, 3.8) is 0 Å². The summed E-state index contributed by atoms with van der Waals surface area (Å²) in [7, 11) is 0. The molecule has 1 saturated heterocycles. The van der Waals surface area contributed by atoms with Crippen LogP contribution in [0.15, 0.2) is 47.4 Å². The van der Waals surface area contributed by atoms with Crippen LogP contribution >= 0.6 is 24.0 Å². The lowest BCUT2D eigenvalue weighted by atomic mass is 10.2. The van der Waals surface area contributed by atoms with Gasteiger partial charge in [0.15, 0.2) is 6.61 Å². The van der Waals surface area contributed by atoms with Crippen molar-refractivity contribution in [3.05, 3.63) is 58.5 Å². The predicted octanol–water partition coefficient (Wildman–Crippen LogP) is 3.39. The van der Waals surface area contributed by atoms with Crippen molar-refractivity contribution in [2.75, 3.05) is 18.5 Å². The molecule has 2 amide bonds. The van der Waals surface area contributed by atoms with Crippen molar-refractivity contribution in [3.8, 4) is 11.5 Å². The molecule has 1 fully saturated rings. The van der Waals surface area contributed by atoms with Gasteiger partial charge < -0.3 is 20.3 Å². The van der Waals surface area contributed by atoms with Crippen LogP contribution in [0.3, 0.4) is 0 Å². The first-order valence-electron chi connectivity index (χ1n) is 9.52. The Morgan fingerprint density at radius 3 is 2.75 bits per heavy atom. The van der Waals surface area contributed by atoms with Gasteiger partial charge in [-0.3, -0.25) is 19.3 Å². The molecule has 10 heteroatoms. The van der Waals surface area contributed by atoms with E-state index >= 15 is 0 Å². The van der Waals surface area contributed by atoms with Crippen molar-refractivity contribution in [1.82, 2.24) is 4.90 Å². The number of hydrogen-bond donors (Lipinski definition) is 3. The lowest BCUT2D eigenvalue weighted by Gasteiger charge is -2.12. The maximum Gasteiger partial charge on any atom is 0.305 e. The van der Waals surface area contributed by atoms with E-state index in [4.69, 9.17) is 22.1 Å². The first-order valence-corrected chi connectivity index (χ1v) is 10.7. The lowest BCUT2D eigenvalue weighted by Crippen LogP contribution is -2.30. The van der Waals surface area contributed by atoms with E-state index in [-0.39, 0.29) is 31.2 Å². The van der Waals surface area contributed by atoms with Gasteiger partial charge in [-0.05, 0) is 42.3 Å². The summed E-state index contributed by atoms with van der Waals surface area (Å²) >= 11 is 6.28. The van der Waals surface area contributed by atoms with E-state index in [9.17, 15) is 19.5 Å². The van der Waals surface area contributed by atoms with Gasteiger partial charge in [0.25, 0.3) is 11.8 Å². The molecule has 166 valence electrons. The Kier molecular flexibility index (Phi) is 7.49. The lowest BCUT2D eigenvalue weighted by molar-refractivity contribution is -0.137. The van der Waals surface area contributed by atoms with Crippen LogP contribution in [0.1, 0.15) is 17.5 Å². The summed E-state index contributed by atoms with van der Waals surface area (Å²) < 4.78 is 5.85. The van der Waals surface area contributed by atoms with Gasteiger partial charge in [-0.1, -0.05) is 42.2 Å². The highest BCUT2D eigenvalue weighted by Gasteiger charge is 2.32. The van der Waals surface area contributed by atoms with Crippen LogP contribution < -0.4 is 10.1 Å². The van der Waals surface area contributed by atoms with Gasteiger partial charge in [0, 0.05) is 18.3 Å². The second-order valence-corrected chi connectivity index (χ2v) is 8.56. The number of hydrogen-bond acceptors (Lipinski definition) is 7. The molecule has 1 aliphatic rings. The fraction of sp³-hybridized carbons (Fsp3) is 0.182. The monoisotopic (exact) mass is 472 g/mol. The molecule has 1 heterocycles. The van der Waals surface area contributed by atoms with Crippen molar-refractivity contribution in [2.45, 2.75) is 13.3 Å². The fourth-order valence-corrected chi connectivity index (χ4v) is 4.09. The normalized spacial score (nSPS) is 14.7. The maximum atomic E-state index is 12.5. The van der Waals surface area contributed by atoms with Crippen LogP contribution in [0.5, 0.6) is 11.5 Å². The summed E-state index contributed by atoms with van der Waals surface area (Å²) in [5.74, 6) is -1.21. The van der Waals surface area contributed by atoms with Crippen LogP contribution in [0.25, 0.3) is 6.08 Å². The summed E-state index contributed by atoms with van der Waals surface area (Å²) in [4.78, 5) is 37.1. The van der Waals surface area contributed by atoms with E-state index in [0.717, 1.165) is 11.8 Å². The number of anilines is 1. The predicted molar refractivity (Wildman–Crippen MR) is 126 cm³/mol. The van der Waals surface area contributed by atoms with E-state index in [1.807, 2.05) is 0 Å². The quantitative estimate of drug-likeness (QED) is 0.396. The van der Waals surface area contributed by atoms with Gasteiger partial charge in [0.2, 0.25) is 0 Å². The number of amides is 2. The third-order valence-corrected chi connectivity index (χ3v) is 5.82. The minimum Gasteiger partial charge on any atom is -0.508 e. The number of aliphatic carboxylic acids is 1. The second-order valence-electron chi connectivity index (χ2n) is 6.89. The molecule has 0 atom stereocenters. The zero-order valence-electron chi connectivity index (χ0n) is 17.0. The fourth-order valence-electron chi connectivity index (χ4n) is 2.78. The third kappa shape index (κ3) is 6.08. The molecular formula is C22H20N2O6S2. The average Bonchev–Trinajstić information content (AvgIpc) is 3.00. The maximum absolute atomic E-state index is 12.5. The van der Waals surface area contributed by atoms with Gasteiger partial charge in [0.1, 0.15) is 15.8 Å². The highest BCUT2D eigenvalue weighted by Crippen LogP contribution is 2.33. The van der Waals surface area contributed by atoms with Crippen LogP contribution in [0, 0.1) is 6.92 Å². The number of thioether (sulfide) groups is 1. The highest BCUT2D eigenvalue weighted by molar-refractivity contribution is 8.26. The Labute approximate surface area is 193 Å². The number of rotatable bonds is 8. The zero-order chi connectivity index (χ0) is 23.3. The summed E-state index contributed by atoms with van der Waals surface area (Å²) in [5.41, 5.74) is 1.83. The summed E-state index contributed by atoms with van der Waals surface area (Å²) in [6.07, 6.45) is 1.45. The number of carbonyl (C=O) groups is 3. The van der Waals surface area contributed by atoms with Gasteiger partial charge in [-0.2, -0.15) is 0 Å². The number of aromatic hydroxyl groups is 1. The van der Waals surface area contributed by atoms with Crippen molar-refractivity contribution in [1.29, 1.82) is 0 Å². The standard InChI is InChI=1S/C22H20N2O6S2/c1-13-5-6-15(11-17(13)25)23-19(26)12-30-16-4-2-3-14(9-16)10-18-21(29)24(22(31)32-18)8-7-20(27)28/h2-6,9-11,25H,7-8,12H2,1H3,(H,23,26)(H,27,28)/b18-10-. The molecule has 32 heavy (non-hydrogen) atoms. The Morgan fingerprint density at radius 1 is 1.25 bits per heavy atom. The summed E-state index contributed by atoms with van der Waals surface area (Å²) in [5, 5.41) is 21.2. The smallest absolute Gasteiger partial charge is 0.305 e. The molecule has 0 unspecified atom stereocenters. The first-order chi connectivity index (χ1) is 15.2. The van der Waals surface area contributed by atoms with Crippen LogP contribution in [0.2, 0.25) is 0 Å². The molecule has 2 aromatic rings. The van der Waals surface area contributed by atoms with E-state index in [1.54, 1.807) is 49.4 Å². The number of phenolic OH excluding ortho intramolecular Hbond substituents is 1. The van der Waals surface area contributed by atoms with E-state index in [1.165, 1.54) is 11.0 Å². The van der Waals surface area contributed by atoms with Gasteiger partial charge in [-0.25, -0.2) is 0 Å². The Balaban J connectivity index is 1.61. The molecule has 3 N–H and O–H groups in total. The molecule has 0 bridgehead atoms. The summed E-state index contributed by atoms with van der Waals surface area (Å²) in [6, 6.07) is 11.7. The van der Waals surface area contributed by atoms with E-state index in [2.05, 4.69) is 5.32 Å². The molecule has 3 rings (SSSR count). The van der Waals surface area contributed by atoms with E-state index in [0.29, 0.717) is 31.8 Å². The van der Waals surface area contributed by atoms with Gasteiger partial charge in [-0.15, -0.1) is 0 Å². The van der Waals surface area contributed by atoms with Gasteiger partial charge >= 0.3 is 5.97 Å². The zero-order valence-corrected chi connectivity index (χ0v) is 18.7. The van der Waals surface area contributed by atoms with Crippen LogP contribution in [0.4, 0.5) is 5.69 Å². The Hall–Kier alpha value is -3.37. The summed E-state index contributed by atoms with van der Waals surface area (Å²) in [6.45, 7) is 1.54. The second kappa shape index (κ2) is 10.3. The number of aryl methyl sites for hydroxylation is 1. The van der Waals surface area contributed by atoms with Gasteiger partial charge in [0.05, 0.1) is 11.3 Å². The SMILES string of the molecule is Cc1ccc(NC(=O)COc2cccc(/C=C3\SC(=S)N(CCC(=O)O)C3=O)c2)cc1O. The molecule has 2 aromatic carbocycles. The number of thiocarbonyl (C=S) groups is 1. The number of carboxylic acids is 1. The highest BCUT2D eigenvalue weighted by atomic mass is 32.2. The minimum atomic E-state index is -1.00. The molecule has 8 nitrogen and oxygen atoms in total. The molecule has 0 aromatic heterocycles. The molecule has 0 radical (unpaired) electrons. The first kappa shape index (κ1) is 23.3. The Bertz CT molecular complexity index is 1120. The van der Waals surface area contributed by atoms with Crippen molar-refractivity contribution < 1.29 is 29.3 Å². The topological polar surface area (TPSA) is 116 Å². The number of nitrogens with one attached hydrogen (secondary N) is 1. The molecule has 0 aliphatic carbocycles. The molecule has 1 aliphatic heterocycles. The number of benzene rings is 2. The number of ether oxygens (including phenoxy) is 1. The minimum absolute atomic E-state index is 0.0222. The van der Waals surface area contributed by atoms with Crippen LogP contribution in [-0.2, 0) is 14.4 Å². The average molecular weight is 473 g/mol. The third-order valence-electron chi connectivity index (χ3n) is 4.44. The van der Waals surface area contributed by atoms with E-state index < -0.39 is 11.9 Å². The molecule has 0 saturated carbocycles.